The Morgan fingerprint density at radius 1 is 1.12 bits per heavy atom. The maximum absolute atomic E-state index is 11.5. The number of aryl methyl sites for hydroxylation is 2. The highest BCUT2D eigenvalue weighted by molar-refractivity contribution is 6.30. The van der Waals surface area contributed by atoms with Crippen LogP contribution in [0.2, 0.25) is 5.02 Å². The molecular formula is C27H35ClN2O2. The van der Waals surface area contributed by atoms with E-state index in [0.29, 0.717) is 12.6 Å². The number of ether oxygens (including phenoxy) is 1. The largest absolute Gasteiger partial charge is 0.463 e. The summed E-state index contributed by atoms with van der Waals surface area (Å²) in [6, 6.07) is 15.4. The van der Waals surface area contributed by atoms with E-state index in [9.17, 15) is 4.79 Å². The van der Waals surface area contributed by atoms with Crippen molar-refractivity contribution in [2.45, 2.75) is 52.5 Å². The molecule has 4 nitrogen and oxygen atoms in total. The number of fused-ring (bicyclic) bond motifs is 2. The van der Waals surface area contributed by atoms with Crippen molar-refractivity contribution in [3.8, 4) is 0 Å². The molecule has 1 aliphatic rings. The van der Waals surface area contributed by atoms with E-state index >= 15 is 0 Å². The van der Waals surface area contributed by atoms with Gasteiger partial charge in [0.25, 0.3) is 0 Å². The average molecular weight is 455 g/mol. The molecular weight excluding hydrogens is 420 g/mol. The molecule has 0 saturated carbocycles. The van der Waals surface area contributed by atoms with E-state index in [1.54, 1.807) is 0 Å². The highest BCUT2D eigenvalue weighted by atomic mass is 35.5. The van der Waals surface area contributed by atoms with Crippen LogP contribution in [0.4, 0.5) is 11.4 Å². The van der Waals surface area contributed by atoms with Crippen LogP contribution in [0.3, 0.4) is 0 Å². The number of para-hydroxylation sites is 1. The number of hydrogen-bond acceptors (Lipinski definition) is 4. The molecule has 0 radical (unpaired) electrons. The van der Waals surface area contributed by atoms with Gasteiger partial charge in [-0.25, -0.2) is 4.79 Å². The summed E-state index contributed by atoms with van der Waals surface area (Å²) in [5, 5.41) is 0.785. The van der Waals surface area contributed by atoms with Crippen LogP contribution in [-0.2, 0) is 22.4 Å². The Hall–Kier alpha value is -2.30. The molecule has 2 aromatic rings. The Bertz CT molecular complexity index is 926. The van der Waals surface area contributed by atoms with Crippen molar-refractivity contribution in [1.29, 1.82) is 0 Å². The van der Waals surface area contributed by atoms with Gasteiger partial charge in [-0.1, -0.05) is 41.9 Å². The lowest BCUT2D eigenvalue weighted by Crippen LogP contribution is -2.32. The Labute approximate surface area is 197 Å². The molecule has 172 valence electrons. The zero-order valence-corrected chi connectivity index (χ0v) is 20.3. The molecule has 3 rings (SSSR count). The smallest absolute Gasteiger partial charge is 0.330 e. The highest BCUT2D eigenvalue weighted by Crippen LogP contribution is 2.37. The summed E-state index contributed by atoms with van der Waals surface area (Å²) in [6.45, 7) is 9.31. The van der Waals surface area contributed by atoms with Gasteiger partial charge in [0, 0.05) is 41.6 Å². The maximum atomic E-state index is 11.5. The third kappa shape index (κ3) is 6.60. The molecule has 2 aromatic carbocycles. The van der Waals surface area contributed by atoms with Crippen LogP contribution in [0.25, 0.3) is 0 Å². The molecule has 0 aromatic heterocycles. The van der Waals surface area contributed by atoms with Gasteiger partial charge in [0.1, 0.15) is 0 Å². The van der Waals surface area contributed by atoms with E-state index in [1.165, 1.54) is 28.6 Å². The lowest BCUT2D eigenvalue weighted by molar-refractivity contribution is -0.137. The van der Waals surface area contributed by atoms with Gasteiger partial charge in [-0.15, -0.1) is 0 Å². The first-order valence-corrected chi connectivity index (χ1v) is 12.1. The molecule has 0 N–H and O–H groups in total. The molecule has 0 aliphatic carbocycles. The van der Waals surface area contributed by atoms with Crippen LogP contribution in [0, 0.1) is 0 Å². The van der Waals surface area contributed by atoms with E-state index in [4.69, 9.17) is 16.3 Å². The molecule has 5 heteroatoms. The monoisotopic (exact) mass is 454 g/mol. The Morgan fingerprint density at radius 3 is 2.62 bits per heavy atom. The number of benzene rings is 2. The Morgan fingerprint density at radius 2 is 1.88 bits per heavy atom. The highest BCUT2D eigenvalue weighted by Gasteiger charge is 2.20. The third-order valence-corrected chi connectivity index (χ3v) is 6.21. The summed E-state index contributed by atoms with van der Waals surface area (Å²) >= 11 is 6.38. The molecule has 1 heterocycles. The van der Waals surface area contributed by atoms with Gasteiger partial charge in [-0.05, 0) is 82.3 Å². The third-order valence-electron chi connectivity index (χ3n) is 5.97. The second kappa shape index (κ2) is 12.1. The summed E-state index contributed by atoms with van der Waals surface area (Å²) in [5.41, 5.74) is 5.29. The number of carbonyl (C=O) groups excluding carboxylic acids is 1. The number of halogens is 1. The molecule has 0 atom stereocenters. The van der Waals surface area contributed by atoms with Crippen LogP contribution < -0.4 is 4.90 Å². The normalized spacial score (nSPS) is 13.4. The maximum Gasteiger partial charge on any atom is 0.330 e. The van der Waals surface area contributed by atoms with E-state index in [1.807, 2.05) is 19.1 Å². The van der Waals surface area contributed by atoms with Crippen LogP contribution in [-0.4, -0.2) is 43.2 Å². The first-order chi connectivity index (χ1) is 15.5. The summed E-state index contributed by atoms with van der Waals surface area (Å²) in [5.74, 6) is -0.270. The molecule has 0 bridgehead atoms. The minimum absolute atomic E-state index is 0.270. The topological polar surface area (TPSA) is 32.8 Å². The van der Waals surface area contributed by atoms with Gasteiger partial charge >= 0.3 is 5.97 Å². The number of unbranched alkanes of at least 4 members (excludes halogenated alkanes) is 1. The second-order valence-corrected chi connectivity index (χ2v) is 8.94. The molecule has 0 amide bonds. The van der Waals surface area contributed by atoms with Crippen LogP contribution in [0.5, 0.6) is 0 Å². The zero-order chi connectivity index (χ0) is 22.9. The number of rotatable bonds is 10. The lowest BCUT2D eigenvalue weighted by atomic mass is 10.0. The van der Waals surface area contributed by atoms with Crippen molar-refractivity contribution in [1.82, 2.24) is 4.90 Å². The number of nitrogens with zero attached hydrogens (tertiary/aromatic N) is 2. The summed E-state index contributed by atoms with van der Waals surface area (Å²) in [4.78, 5) is 16.4. The fourth-order valence-corrected chi connectivity index (χ4v) is 4.41. The van der Waals surface area contributed by atoms with Gasteiger partial charge in [-0.2, -0.15) is 0 Å². The number of esters is 1. The molecule has 0 fully saturated rings. The first-order valence-electron chi connectivity index (χ1n) is 11.7. The quantitative estimate of drug-likeness (QED) is 0.243. The first kappa shape index (κ1) is 24.3. The average Bonchev–Trinajstić information content (AvgIpc) is 2.92. The van der Waals surface area contributed by atoms with Crippen LogP contribution in [0.15, 0.2) is 54.6 Å². The van der Waals surface area contributed by atoms with Crippen molar-refractivity contribution < 1.29 is 9.53 Å². The Kier molecular flexibility index (Phi) is 9.19. The second-order valence-electron chi connectivity index (χ2n) is 8.50. The van der Waals surface area contributed by atoms with E-state index in [0.717, 1.165) is 50.3 Å². The summed E-state index contributed by atoms with van der Waals surface area (Å²) < 4.78 is 4.97. The van der Waals surface area contributed by atoms with E-state index in [-0.39, 0.29) is 5.97 Å². The molecule has 0 spiro atoms. The fraction of sp³-hybridized carbons (Fsp3) is 0.444. The number of anilines is 2. The van der Waals surface area contributed by atoms with Gasteiger partial charge in [0.15, 0.2) is 0 Å². The lowest BCUT2D eigenvalue weighted by Gasteiger charge is -2.28. The van der Waals surface area contributed by atoms with Gasteiger partial charge in [-0.3, -0.25) is 4.90 Å². The van der Waals surface area contributed by atoms with Gasteiger partial charge in [0.05, 0.1) is 6.61 Å². The van der Waals surface area contributed by atoms with E-state index < -0.39 is 0 Å². The van der Waals surface area contributed by atoms with Crippen molar-refractivity contribution in [2.75, 3.05) is 31.1 Å². The SMILES string of the molecule is CCOC(=O)/C=C/CN(CCCCN1c2ccccc2CCc2ccc(Cl)cc21)C(C)C. The Balaban J connectivity index is 1.63. The summed E-state index contributed by atoms with van der Waals surface area (Å²) in [7, 11) is 0. The minimum atomic E-state index is -0.270. The number of hydrogen-bond donors (Lipinski definition) is 0. The molecule has 0 saturated heterocycles. The van der Waals surface area contributed by atoms with Gasteiger partial charge in [0.2, 0.25) is 0 Å². The number of carbonyl (C=O) groups is 1. The van der Waals surface area contributed by atoms with Crippen molar-refractivity contribution in [3.05, 3.63) is 70.8 Å². The van der Waals surface area contributed by atoms with Crippen LogP contribution >= 0.6 is 11.6 Å². The predicted octanol–water partition coefficient (Wildman–Crippen LogP) is 6.19. The van der Waals surface area contributed by atoms with Crippen molar-refractivity contribution in [3.63, 3.8) is 0 Å². The standard InChI is InChI=1S/C27H35ClN2O2/c1-4-32-27(31)12-9-18-29(21(2)3)17-7-8-19-30-25-11-6-5-10-22(25)13-14-23-15-16-24(28)20-26(23)30/h5-6,9-12,15-16,20-21H,4,7-8,13-14,17-19H2,1-3H3/b12-9+. The van der Waals surface area contributed by atoms with Crippen LogP contribution in [0.1, 0.15) is 44.7 Å². The molecule has 0 unspecified atom stereocenters. The zero-order valence-electron chi connectivity index (χ0n) is 19.5. The molecule has 1 aliphatic heterocycles. The fourth-order valence-electron chi connectivity index (χ4n) is 4.25. The van der Waals surface area contributed by atoms with E-state index in [2.05, 4.69) is 60.0 Å². The minimum Gasteiger partial charge on any atom is -0.463 e. The van der Waals surface area contributed by atoms with Gasteiger partial charge < -0.3 is 9.64 Å². The molecule has 32 heavy (non-hydrogen) atoms. The summed E-state index contributed by atoms with van der Waals surface area (Å²) in [6.07, 6.45) is 7.68. The van der Waals surface area contributed by atoms with Crippen molar-refractivity contribution in [2.24, 2.45) is 0 Å². The predicted molar refractivity (Wildman–Crippen MR) is 134 cm³/mol. The van der Waals surface area contributed by atoms with Crippen molar-refractivity contribution >= 4 is 28.9 Å².